The third kappa shape index (κ3) is 2.53. The Labute approximate surface area is 123 Å². The third-order valence-electron chi connectivity index (χ3n) is 2.63. The molecule has 96 valence electrons. The van der Waals surface area contributed by atoms with Gasteiger partial charge in [-0.1, -0.05) is 27.3 Å². The number of aromatic nitrogens is 1. The van der Waals surface area contributed by atoms with E-state index in [-0.39, 0.29) is 5.91 Å². The van der Waals surface area contributed by atoms with Crippen molar-refractivity contribution in [1.29, 1.82) is 0 Å². The Balaban J connectivity index is 2.48. The third-order valence-corrected chi connectivity index (χ3v) is 4.75. The molecule has 0 radical (unpaired) electrons. The molecule has 0 spiro atoms. The van der Waals surface area contributed by atoms with Crippen LogP contribution >= 0.6 is 38.9 Å². The van der Waals surface area contributed by atoms with Gasteiger partial charge in [0.2, 0.25) is 5.91 Å². The Morgan fingerprint density at radius 1 is 1.56 bits per heavy atom. The average Bonchev–Trinajstić information content (AvgIpc) is 2.70. The second-order valence-electron chi connectivity index (χ2n) is 4.10. The molecule has 6 heteroatoms. The van der Waals surface area contributed by atoms with E-state index in [1.54, 1.807) is 6.92 Å². The second-order valence-corrected chi connectivity index (χ2v) is 6.61. The highest BCUT2D eigenvalue weighted by atomic mass is 79.9. The number of nitrogens with one attached hydrogen (secondary N) is 1. The standard InChI is InChI=1S/C12H12BrClN2OS/c1-5-4-8(13)6(2)10-9(5)15-12(18-10)16-11(17)7(3)14/h4,7H,1-3H3,(H,15,16,17). The number of hydrogen-bond donors (Lipinski definition) is 1. The SMILES string of the molecule is Cc1cc(Br)c(C)c2sc(NC(=O)C(C)Cl)nc12. The first-order valence-corrected chi connectivity index (χ1v) is 7.46. The van der Waals surface area contributed by atoms with Gasteiger partial charge >= 0.3 is 0 Å². The second kappa shape index (κ2) is 5.15. The number of anilines is 1. The lowest BCUT2D eigenvalue weighted by molar-refractivity contribution is -0.115. The Morgan fingerprint density at radius 3 is 2.83 bits per heavy atom. The average molecular weight is 348 g/mol. The van der Waals surface area contributed by atoms with Gasteiger partial charge in [-0.15, -0.1) is 11.6 Å². The number of thiazole rings is 1. The molecule has 1 heterocycles. The van der Waals surface area contributed by atoms with Crippen LogP contribution in [-0.4, -0.2) is 16.3 Å². The van der Waals surface area contributed by atoms with Crippen molar-refractivity contribution in [2.75, 3.05) is 5.32 Å². The Kier molecular flexibility index (Phi) is 3.94. The van der Waals surface area contributed by atoms with E-state index in [1.165, 1.54) is 11.3 Å². The quantitative estimate of drug-likeness (QED) is 0.826. The minimum atomic E-state index is -0.564. The predicted octanol–water partition coefficient (Wildman–Crippen LogP) is 4.24. The van der Waals surface area contributed by atoms with E-state index in [0.717, 1.165) is 25.8 Å². The molecular weight excluding hydrogens is 336 g/mol. The molecule has 1 unspecified atom stereocenters. The van der Waals surface area contributed by atoms with Crippen molar-refractivity contribution in [3.05, 3.63) is 21.7 Å². The first kappa shape index (κ1) is 13.8. The number of aryl methyl sites for hydroxylation is 2. The molecule has 3 nitrogen and oxygen atoms in total. The lowest BCUT2D eigenvalue weighted by Gasteiger charge is -2.01. The van der Waals surface area contributed by atoms with Crippen LogP contribution in [0.4, 0.5) is 5.13 Å². The smallest absolute Gasteiger partial charge is 0.243 e. The maximum absolute atomic E-state index is 11.5. The van der Waals surface area contributed by atoms with Crippen LogP contribution in [0.15, 0.2) is 10.5 Å². The van der Waals surface area contributed by atoms with Crippen LogP contribution in [0.3, 0.4) is 0 Å². The fourth-order valence-electron chi connectivity index (χ4n) is 1.58. The largest absolute Gasteiger partial charge is 0.301 e. The molecular formula is C12H12BrClN2OS. The van der Waals surface area contributed by atoms with Crippen LogP contribution in [0.25, 0.3) is 10.2 Å². The van der Waals surface area contributed by atoms with Gasteiger partial charge < -0.3 is 5.32 Å². The monoisotopic (exact) mass is 346 g/mol. The zero-order chi connectivity index (χ0) is 13.4. The summed E-state index contributed by atoms with van der Waals surface area (Å²) in [6, 6.07) is 2.03. The molecule has 1 aromatic carbocycles. The van der Waals surface area contributed by atoms with E-state index >= 15 is 0 Å². The summed E-state index contributed by atoms with van der Waals surface area (Å²) in [6.45, 7) is 5.67. The summed E-state index contributed by atoms with van der Waals surface area (Å²) in [7, 11) is 0. The first-order valence-electron chi connectivity index (χ1n) is 5.41. The van der Waals surface area contributed by atoms with Gasteiger partial charge in [-0.25, -0.2) is 4.98 Å². The molecule has 0 aliphatic rings. The van der Waals surface area contributed by atoms with Crippen LogP contribution in [0.1, 0.15) is 18.1 Å². The number of amides is 1. The zero-order valence-corrected chi connectivity index (χ0v) is 13.3. The number of carbonyl (C=O) groups is 1. The van der Waals surface area contributed by atoms with E-state index in [0.29, 0.717) is 5.13 Å². The van der Waals surface area contributed by atoms with E-state index in [1.807, 2.05) is 19.9 Å². The molecule has 0 fully saturated rings. The molecule has 1 aromatic heterocycles. The van der Waals surface area contributed by atoms with Gasteiger partial charge in [-0.05, 0) is 38.0 Å². The van der Waals surface area contributed by atoms with Gasteiger partial charge in [0.25, 0.3) is 0 Å². The summed E-state index contributed by atoms with van der Waals surface area (Å²) in [4.78, 5) is 16.0. The van der Waals surface area contributed by atoms with E-state index in [9.17, 15) is 4.79 Å². The van der Waals surface area contributed by atoms with Crippen molar-refractivity contribution in [3.8, 4) is 0 Å². The lowest BCUT2D eigenvalue weighted by atomic mass is 10.1. The van der Waals surface area contributed by atoms with E-state index in [2.05, 4.69) is 26.2 Å². The van der Waals surface area contributed by atoms with Crippen molar-refractivity contribution >= 4 is 60.1 Å². The van der Waals surface area contributed by atoms with Crippen LogP contribution in [0.2, 0.25) is 0 Å². The van der Waals surface area contributed by atoms with Crippen LogP contribution in [0.5, 0.6) is 0 Å². The summed E-state index contributed by atoms with van der Waals surface area (Å²) >= 11 is 10.7. The van der Waals surface area contributed by atoms with Gasteiger partial charge in [0.15, 0.2) is 5.13 Å². The molecule has 1 atom stereocenters. The van der Waals surface area contributed by atoms with Crippen molar-refractivity contribution in [2.24, 2.45) is 0 Å². The summed E-state index contributed by atoms with van der Waals surface area (Å²) in [5, 5.41) is 2.75. The molecule has 18 heavy (non-hydrogen) atoms. The fraction of sp³-hybridized carbons (Fsp3) is 0.333. The van der Waals surface area contributed by atoms with Crippen LogP contribution in [-0.2, 0) is 4.79 Å². The highest BCUT2D eigenvalue weighted by Gasteiger charge is 2.15. The Hall–Kier alpha value is -0.650. The lowest BCUT2D eigenvalue weighted by Crippen LogP contribution is -2.19. The van der Waals surface area contributed by atoms with Crippen molar-refractivity contribution in [2.45, 2.75) is 26.1 Å². The molecule has 1 N–H and O–H groups in total. The van der Waals surface area contributed by atoms with Crippen molar-refractivity contribution in [1.82, 2.24) is 4.98 Å². The molecule has 1 amide bonds. The molecule has 0 saturated carbocycles. The summed E-state index contributed by atoms with van der Waals surface area (Å²) in [5.74, 6) is -0.231. The minimum absolute atomic E-state index is 0.231. The number of benzene rings is 1. The molecule has 2 rings (SSSR count). The number of rotatable bonds is 2. The molecule has 0 aliphatic carbocycles. The van der Waals surface area contributed by atoms with Gasteiger partial charge in [-0.3, -0.25) is 4.79 Å². The van der Waals surface area contributed by atoms with Gasteiger partial charge in [-0.2, -0.15) is 0 Å². The number of nitrogens with zero attached hydrogens (tertiary/aromatic N) is 1. The molecule has 2 aromatic rings. The zero-order valence-electron chi connectivity index (χ0n) is 10.2. The number of fused-ring (bicyclic) bond motifs is 1. The summed E-state index contributed by atoms with van der Waals surface area (Å²) in [6.07, 6.45) is 0. The first-order chi connectivity index (χ1) is 8.40. The number of halogens is 2. The normalized spacial score (nSPS) is 12.7. The van der Waals surface area contributed by atoms with Crippen LogP contribution < -0.4 is 5.32 Å². The molecule has 0 saturated heterocycles. The predicted molar refractivity (Wildman–Crippen MR) is 80.7 cm³/mol. The highest BCUT2D eigenvalue weighted by Crippen LogP contribution is 2.35. The van der Waals surface area contributed by atoms with Crippen molar-refractivity contribution in [3.63, 3.8) is 0 Å². The number of alkyl halides is 1. The van der Waals surface area contributed by atoms with Gasteiger partial charge in [0.05, 0.1) is 10.2 Å². The highest BCUT2D eigenvalue weighted by molar-refractivity contribution is 9.10. The van der Waals surface area contributed by atoms with Crippen LogP contribution in [0, 0.1) is 13.8 Å². The number of carbonyl (C=O) groups excluding carboxylic acids is 1. The maximum Gasteiger partial charge on any atom is 0.243 e. The number of hydrogen-bond acceptors (Lipinski definition) is 3. The topological polar surface area (TPSA) is 42.0 Å². The fourth-order valence-corrected chi connectivity index (χ4v) is 3.35. The summed E-state index contributed by atoms with van der Waals surface area (Å²) in [5.41, 5.74) is 3.14. The summed E-state index contributed by atoms with van der Waals surface area (Å²) < 4.78 is 2.14. The minimum Gasteiger partial charge on any atom is -0.301 e. The van der Waals surface area contributed by atoms with E-state index < -0.39 is 5.38 Å². The molecule has 0 bridgehead atoms. The van der Waals surface area contributed by atoms with E-state index in [4.69, 9.17) is 11.6 Å². The molecule has 0 aliphatic heterocycles. The van der Waals surface area contributed by atoms with Gasteiger partial charge in [0.1, 0.15) is 5.38 Å². The Bertz CT molecular complexity index is 624. The Morgan fingerprint density at radius 2 is 2.22 bits per heavy atom. The maximum atomic E-state index is 11.5. The van der Waals surface area contributed by atoms with Gasteiger partial charge in [0, 0.05) is 4.47 Å². The van der Waals surface area contributed by atoms with Crippen molar-refractivity contribution < 1.29 is 4.79 Å².